The molecule has 3 N–H and O–H groups in total. The highest BCUT2D eigenvalue weighted by Crippen LogP contribution is 2.14. The zero-order chi connectivity index (χ0) is 10.6. The Morgan fingerprint density at radius 2 is 1.93 bits per heavy atom. The van der Waals surface area contributed by atoms with Gasteiger partial charge in [-0.15, -0.1) is 0 Å². The molecule has 1 fully saturated rings. The summed E-state index contributed by atoms with van der Waals surface area (Å²) in [6, 6.07) is 0. The van der Waals surface area contributed by atoms with E-state index in [0.717, 1.165) is 13.1 Å². The van der Waals surface area contributed by atoms with Crippen molar-refractivity contribution in [1.82, 2.24) is 4.90 Å². The highest BCUT2D eigenvalue weighted by Gasteiger charge is 2.32. The number of likely N-dealkylation sites (tertiary alicyclic amines) is 1. The molecule has 0 aliphatic carbocycles. The van der Waals surface area contributed by atoms with Crippen LogP contribution in [-0.2, 0) is 9.47 Å². The molecule has 0 bridgehead atoms. The van der Waals surface area contributed by atoms with Crippen molar-refractivity contribution < 1.29 is 14.7 Å². The van der Waals surface area contributed by atoms with Gasteiger partial charge in [0.25, 0.3) is 0 Å². The molecule has 0 aromatic heterocycles. The van der Waals surface area contributed by atoms with Gasteiger partial charge in [-0.25, -0.2) is 0 Å². The monoisotopic (exact) mass is 203 g/mol. The van der Waals surface area contributed by atoms with E-state index in [9.17, 15) is 0 Å². The summed E-state index contributed by atoms with van der Waals surface area (Å²) in [7, 11) is 3.31. The maximum atomic E-state index is 8.42. The van der Waals surface area contributed by atoms with Gasteiger partial charge in [0.2, 0.25) is 0 Å². The molecule has 1 aliphatic heterocycles. The minimum absolute atomic E-state index is 0.0616. The third kappa shape index (κ3) is 2.57. The Labute approximate surface area is 83.3 Å². The Kier molecular flexibility index (Phi) is 4.12. The van der Waals surface area contributed by atoms with Crippen molar-refractivity contribution in [1.29, 1.82) is 0 Å². The van der Waals surface area contributed by atoms with Crippen LogP contribution >= 0.6 is 0 Å². The second-order valence-corrected chi connectivity index (χ2v) is 3.33. The number of oxime groups is 1. The first kappa shape index (κ1) is 11.2. The fourth-order valence-corrected chi connectivity index (χ4v) is 1.66. The molecule has 6 nitrogen and oxygen atoms in total. The largest absolute Gasteiger partial charge is 0.409 e. The maximum absolute atomic E-state index is 8.42. The van der Waals surface area contributed by atoms with Crippen molar-refractivity contribution in [3.05, 3.63) is 0 Å². The van der Waals surface area contributed by atoms with Gasteiger partial charge in [-0.3, -0.25) is 4.90 Å². The van der Waals surface area contributed by atoms with Crippen LogP contribution in [0.5, 0.6) is 0 Å². The van der Waals surface area contributed by atoms with Gasteiger partial charge < -0.3 is 20.4 Å². The van der Waals surface area contributed by atoms with Gasteiger partial charge in [-0.1, -0.05) is 5.16 Å². The topological polar surface area (TPSA) is 80.3 Å². The van der Waals surface area contributed by atoms with E-state index in [0.29, 0.717) is 6.54 Å². The van der Waals surface area contributed by atoms with Crippen LogP contribution in [0.2, 0.25) is 0 Å². The second-order valence-electron chi connectivity index (χ2n) is 3.33. The molecule has 0 unspecified atom stereocenters. The van der Waals surface area contributed by atoms with E-state index >= 15 is 0 Å². The van der Waals surface area contributed by atoms with E-state index in [1.165, 1.54) is 0 Å². The fourth-order valence-electron chi connectivity index (χ4n) is 1.66. The van der Waals surface area contributed by atoms with Gasteiger partial charge in [0, 0.05) is 27.3 Å². The Hall–Kier alpha value is -0.850. The zero-order valence-electron chi connectivity index (χ0n) is 8.51. The van der Waals surface area contributed by atoms with Crippen LogP contribution in [0.3, 0.4) is 0 Å². The normalized spacial score (nSPS) is 29.7. The van der Waals surface area contributed by atoms with E-state index in [-0.39, 0.29) is 18.0 Å². The average molecular weight is 203 g/mol. The summed E-state index contributed by atoms with van der Waals surface area (Å²) in [6.45, 7) is 1.92. The molecule has 1 saturated heterocycles. The lowest BCUT2D eigenvalue weighted by Crippen LogP contribution is -2.33. The third-order valence-electron chi connectivity index (χ3n) is 2.41. The lowest BCUT2D eigenvalue weighted by Gasteiger charge is -2.13. The number of nitrogens with two attached hydrogens (primary N) is 1. The predicted octanol–water partition coefficient (Wildman–Crippen LogP) is -0.922. The number of hydrogen-bond acceptors (Lipinski definition) is 5. The molecule has 14 heavy (non-hydrogen) atoms. The molecule has 1 aliphatic rings. The molecule has 0 aromatic rings. The van der Waals surface area contributed by atoms with Crippen molar-refractivity contribution in [2.45, 2.75) is 12.2 Å². The average Bonchev–Trinajstić information content (AvgIpc) is 2.59. The zero-order valence-corrected chi connectivity index (χ0v) is 8.51. The summed E-state index contributed by atoms with van der Waals surface area (Å²) in [5, 5.41) is 11.3. The third-order valence-corrected chi connectivity index (χ3v) is 2.41. The maximum Gasteiger partial charge on any atom is 0.153 e. The number of hydrogen-bond donors (Lipinski definition) is 2. The lowest BCUT2D eigenvalue weighted by molar-refractivity contribution is -0.00461. The van der Waals surface area contributed by atoms with E-state index in [1.807, 2.05) is 4.90 Å². The fraction of sp³-hybridized carbons (Fsp3) is 0.875. The molecule has 0 saturated carbocycles. The lowest BCUT2D eigenvalue weighted by atomic mass is 10.3. The van der Waals surface area contributed by atoms with Gasteiger partial charge in [0.1, 0.15) is 0 Å². The summed E-state index contributed by atoms with van der Waals surface area (Å²) in [6.07, 6.45) is 0.123. The Bertz CT molecular complexity index is 198. The van der Waals surface area contributed by atoms with Crippen molar-refractivity contribution in [2.24, 2.45) is 10.9 Å². The van der Waals surface area contributed by atoms with Crippen LogP contribution in [0.1, 0.15) is 0 Å². The summed E-state index contributed by atoms with van der Waals surface area (Å²) in [5.74, 6) is 0.205. The molecule has 2 atom stereocenters. The summed E-state index contributed by atoms with van der Waals surface area (Å²) < 4.78 is 10.5. The minimum atomic E-state index is 0.0616. The van der Waals surface area contributed by atoms with Crippen LogP contribution in [0, 0.1) is 0 Å². The Morgan fingerprint density at radius 3 is 2.29 bits per heavy atom. The summed E-state index contributed by atoms with van der Waals surface area (Å²) in [4.78, 5) is 2.03. The predicted molar refractivity (Wildman–Crippen MR) is 51.4 cm³/mol. The quantitative estimate of drug-likeness (QED) is 0.267. The molecule has 0 aromatic carbocycles. The van der Waals surface area contributed by atoms with Gasteiger partial charge in [-0.2, -0.15) is 0 Å². The molecule has 0 amide bonds. The highest BCUT2D eigenvalue weighted by atomic mass is 16.5. The number of amidine groups is 1. The molecular weight excluding hydrogens is 186 g/mol. The van der Waals surface area contributed by atoms with E-state index in [2.05, 4.69) is 5.16 Å². The molecule has 6 heteroatoms. The first-order valence-corrected chi connectivity index (χ1v) is 4.45. The van der Waals surface area contributed by atoms with Crippen LogP contribution < -0.4 is 5.73 Å². The van der Waals surface area contributed by atoms with E-state index in [1.54, 1.807) is 14.2 Å². The molecule has 0 radical (unpaired) electrons. The summed E-state index contributed by atoms with van der Waals surface area (Å²) in [5.41, 5.74) is 5.40. The van der Waals surface area contributed by atoms with E-state index < -0.39 is 0 Å². The highest BCUT2D eigenvalue weighted by molar-refractivity contribution is 5.81. The second kappa shape index (κ2) is 5.14. The van der Waals surface area contributed by atoms with Crippen LogP contribution in [0.15, 0.2) is 5.16 Å². The first-order valence-electron chi connectivity index (χ1n) is 4.45. The smallest absolute Gasteiger partial charge is 0.153 e. The van der Waals surface area contributed by atoms with E-state index in [4.69, 9.17) is 20.4 Å². The number of nitrogens with zero attached hydrogens (tertiary/aromatic N) is 2. The molecular formula is C8H17N3O3. The molecule has 1 rings (SSSR count). The van der Waals surface area contributed by atoms with Crippen molar-refractivity contribution in [3.63, 3.8) is 0 Å². The van der Waals surface area contributed by atoms with Crippen LogP contribution in [0.25, 0.3) is 0 Å². The summed E-state index contributed by atoms with van der Waals surface area (Å²) >= 11 is 0. The standard InChI is InChI=1S/C8H17N3O3/c1-13-6-3-11(4-7(6)14-2)5-8(9)10-12/h6-7,12H,3-5H2,1-2H3,(H2,9,10)/t6-,7-/m1/s1. The number of rotatable bonds is 4. The van der Waals surface area contributed by atoms with Crippen LogP contribution in [-0.4, -0.2) is 62.0 Å². The molecule has 1 heterocycles. The van der Waals surface area contributed by atoms with Crippen molar-refractivity contribution in [2.75, 3.05) is 33.9 Å². The SMILES string of the molecule is CO[C@@H]1CN(C/C(N)=N\O)C[C@H]1OC. The van der Waals surface area contributed by atoms with Gasteiger partial charge in [-0.05, 0) is 0 Å². The van der Waals surface area contributed by atoms with Gasteiger partial charge >= 0.3 is 0 Å². The molecule has 0 spiro atoms. The minimum Gasteiger partial charge on any atom is -0.409 e. The number of methoxy groups -OCH3 is 2. The van der Waals surface area contributed by atoms with Crippen LogP contribution in [0.4, 0.5) is 0 Å². The van der Waals surface area contributed by atoms with Crippen molar-refractivity contribution >= 4 is 5.84 Å². The Balaban J connectivity index is 2.45. The molecule has 82 valence electrons. The van der Waals surface area contributed by atoms with Gasteiger partial charge in [0.05, 0.1) is 18.8 Å². The number of ether oxygens (including phenoxy) is 2. The van der Waals surface area contributed by atoms with Crippen molar-refractivity contribution in [3.8, 4) is 0 Å². The Morgan fingerprint density at radius 1 is 1.43 bits per heavy atom. The first-order chi connectivity index (χ1) is 6.71. The van der Waals surface area contributed by atoms with Gasteiger partial charge in [0.15, 0.2) is 5.84 Å².